The SMILES string of the molecule is COC(=O)[C@@]1(C/C=C/c2cccc(NC(=O)OC(C)(C)C)c2)C[C@H](OC(C)=O)[C@@H](NC(C)=O)[C@H]([C@H](OC(C)=O)[C@@H](CNC(=O)c2cc(C)c(OC(C)=O)c(C)c2)OC(C)=O)O1. The normalized spacial score (nSPS) is 19.6. The van der Waals surface area contributed by atoms with E-state index in [1.165, 1.54) is 26.0 Å². The minimum absolute atomic E-state index is 0.152. The quantitative estimate of drug-likeness (QED) is 0.128. The number of ether oxygens (including phenoxy) is 7. The smallest absolute Gasteiger partial charge is 0.412 e. The predicted octanol–water partition coefficient (Wildman–Crippen LogP) is 4.41. The molecule has 6 atom stereocenters. The third-order valence-electron chi connectivity index (χ3n) is 8.92. The van der Waals surface area contributed by atoms with E-state index in [1.807, 2.05) is 0 Å². The molecule has 0 aliphatic carbocycles. The molecule has 1 heterocycles. The molecule has 1 aliphatic heterocycles. The zero-order valence-corrected chi connectivity index (χ0v) is 36.3. The maximum absolute atomic E-state index is 13.9. The first kappa shape index (κ1) is 49.1. The summed E-state index contributed by atoms with van der Waals surface area (Å²) >= 11 is 0. The first-order valence-corrected chi connectivity index (χ1v) is 19.3. The minimum Gasteiger partial charge on any atom is -0.467 e. The number of benzene rings is 2. The summed E-state index contributed by atoms with van der Waals surface area (Å²) in [5.74, 6) is -5.01. The maximum Gasteiger partial charge on any atom is 0.412 e. The molecule has 18 heteroatoms. The molecule has 1 saturated heterocycles. The van der Waals surface area contributed by atoms with Gasteiger partial charge >= 0.3 is 35.9 Å². The first-order valence-electron chi connectivity index (χ1n) is 19.3. The fourth-order valence-electron chi connectivity index (χ4n) is 6.78. The van der Waals surface area contributed by atoms with Crippen LogP contribution in [0.25, 0.3) is 6.08 Å². The molecule has 18 nitrogen and oxygen atoms in total. The van der Waals surface area contributed by atoms with Crippen LogP contribution in [0.4, 0.5) is 10.5 Å². The Hall–Kier alpha value is -6.30. The van der Waals surface area contributed by atoms with Gasteiger partial charge in [-0.2, -0.15) is 0 Å². The summed E-state index contributed by atoms with van der Waals surface area (Å²) in [5, 5.41) is 8.00. The molecule has 0 unspecified atom stereocenters. The highest BCUT2D eigenvalue weighted by atomic mass is 16.6. The molecule has 0 bridgehead atoms. The molecule has 0 saturated carbocycles. The second-order valence-corrected chi connectivity index (χ2v) is 15.5. The van der Waals surface area contributed by atoms with Gasteiger partial charge in [-0.15, -0.1) is 0 Å². The van der Waals surface area contributed by atoms with Crippen molar-refractivity contribution in [2.45, 2.75) is 124 Å². The van der Waals surface area contributed by atoms with Crippen molar-refractivity contribution < 1.29 is 71.5 Å². The topological polar surface area (TPSA) is 237 Å². The van der Waals surface area contributed by atoms with Gasteiger partial charge in [-0.05, 0) is 75.6 Å². The molecule has 61 heavy (non-hydrogen) atoms. The van der Waals surface area contributed by atoms with Crippen LogP contribution in [0.15, 0.2) is 42.5 Å². The van der Waals surface area contributed by atoms with Crippen LogP contribution >= 0.6 is 0 Å². The van der Waals surface area contributed by atoms with E-state index in [1.54, 1.807) is 71.0 Å². The Morgan fingerprint density at radius 3 is 2.07 bits per heavy atom. The van der Waals surface area contributed by atoms with Crippen molar-refractivity contribution in [1.82, 2.24) is 10.6 Å². The molecular formula is C43H55N3O15. The first-order chi connectivity index (χ1) is 28.4. The van der Waals surface area contributed by atoms with Crippen molar-refractivity contribution in [3.63, 3.8) is 0 Å². The Balaban J connectivity index is 2.11. The van der Waals surface area contributed by atoms with Crippen LogP contribution in [0.3, 0.4) is 0 Å². The van der Waals surface area contributed by atoms with Crippen LogP contribution in [0.1, 0.15) is 95.3 Å². The average Bonchev–Trinajstić information content (AvgIpc) is 3.13. The van der Waals surface area contributed by atoms with Crippen molar-refractivity contribution in [1.29, 1.82) is 0 Å². The zero-order valence-electron chi connectivity index (χ0n) is 36.3. The van der Waals surface area contributed by atoms with Crippen molar-refractivity contribution in [2.75, 3.05) is 19.0 Å². The summed E-state index contributed by atoms with van der Waals surface area (Å²) in [6.45, 7) is 13.7. The molecule has 3 N–H and O–H groups in total. The summed E-state index contributed by atoms with van der Waals surface area (Å²) in [5.41, 5.74) is -0.596. The van der Waals surface area contributed by atoms with Gasteiger partial charge in [0.2, 0.25) is 5.91 Å². The van der Waals surface area contributed by atoms with Gasteiger partial charge in [0.1, 0.15) is 23.6 Å². The van der Waals surface area contributed by atoms with Crippen LogP contribution in [0.5, 0.6) is 5.75 Å². The molecule has 0 aromatic heterocycles. The molecular weight excluding hydrogens is 798 g/mol. The molecule has 332 valence electrons. The summed E-state index contributed by atoms with van der Waals surface area (Å²) in [4.78, 5) is 102. The van der Waals surface area contributed by atoms with Crippen molar-refractivity contribution >= 4 is 59.5 Å². The highest BCUT2D eigenvalue weighted by Gasteiger charge is 2.57. The Bertz CT molecular complexity index is 2000. The molecule has 2 aromatic carbocycles. The van der Waals surface area contributed by atoms with Gasteiger partial charge < -0.3 is 43.8 Å². The number of nitrogens with one attached hydrogen (secondary N) is 3. The second-order valence-electron chi connectivity index (χ2n) is 15.5. The van der Waals surface area contributed by atoms with Crippen molar-refractivity contribution in [3.8, 4) is 5.75 Å². The number of carbonyl (C=O) groups excluding carboxylic acids is 8. The van der Waals surface area contributed by atoms with Crippen LogP contribution in [-0.2, 0) is 57.2 Å². The molecule has 1 aliphatic rings. The fraction of sp³-hybridized carbons (Fsp3) is 0.488. The van der Waals surface area contributed by atoms with E-state index in [9.17, 15) is 38.4 Å². The second kappa shape index (κ2) is 21.3. The fourth-order valence-corrected chi connectivity index (χ4v) is 6.78. The molecule has 0 spiro atoms. The molecule has 3 amide bonds. The van der Waals surface area contributed by atoms with Gasteiger partial charge in [-0.25, -0.2) is 9.59 Å². The lowest BCUT2D eigenvalue weighted by atomic mass is 9.81. The number of hydrogen-bond acceptors (Lipinski definition) is 15. The van der Waals surface area contributed by atoms with Gasteiger partial charge in [0, 0.05) is 58.7 Å². The minimum atomic E-state index is -1.99. The van der Waals surface area contributed by atoms with E-state index in [4.69, 9.17) is 33.2 Å². The van der Waals surface area contributed by atoms with E-state index >= 15 is 0 Å². The highest BCUT2D eigenvalue weighted by molar-refractivity contribution is 5.95. The van der Waals surface area contributed by atoms with E-state index in [0.29, 0.717) is 22.4 Å². The standard InChI is InChI=1S/C43H55N3O15/c1-23-18-31(19-24(2)36(23)58-28(6)50)39(52)44-22-34(57-27(5)49)37(59-29(7)51)38-35(45-25(3)47)33(56-26(4)48)21-43(60-38,40(53)55-11)17-13-15-30-14-12-16-32(20-30)46-41(54)61-42(8,9)10/h12-16,18-20,33-35,37-38H,17,21-22H2,1-11H3,(H,44,52)(H,45,47)(H,46,54)/b15-13+/t33-,34+,35+,37+,38+,43+/m0/s1. The van der Waals surface area contributed by atoms with Gasteiger partial charge in [0.15, 0.2) is 17.8 Å². The van der Waals surface area contributed by atoms with E-state index in [0.717, 1.165) is 27.9 Å². The Labute approximate surface area is 354 Å². The van der Waals surface area contributed by atoms with E-state index in [2.05, 4.69) is 16.0 Å². The van der Waals surface area contributed by atoms with Gasteiger partial charge in [0.05, 0.1) is 19.7 Å². The zero-order chi connectivity index (χ0) is 45.8. The molecule has 0 radical (unpaired) electrons. The lowest BCUT2D eigenvalue weighted by Gasteiger charge is -2.49. The van der Waals surface area contributed by atoms with Crippen molar-refractivity contribution in [2.24, 2.45) is 0 Å². The van der Waals surface area contributed by atoms with Crippen molar-refractivity contribution in [3.05, 3.63) is 64.7 Å². The third-order valence-corrected chi connectivity index (χ3v) is 8.92. The molecule has 1 fully saturated rings. The highest BCUT2D eigenvalue weighted by Crippen LogP contribution is 2.39. The van der Waals surface area contributed by atoms with Gasteiger partial charge in [-0.1, -0.05) is 24.3 Å². The number of amides is 3. The summed E-state index contributed by atoms with van der Waals surface area (Å²) in [7, 11) is 1.11. The largest absolute Gasteiger partial charge is 0.467 e. The Morgan fingerprint density at radius 1 is 0.885 bits per heavy atom. The van der Waals surface area contributed by atoms with Crippen LogP contribution in [-0.4, -0.2) is 103 Å². The van der Waals surface area contributed by atoms with Crippen LogP contribution < -0.4 is 20.7 Å². The lowest BCUT2D eigenvalue weighted by molar-refractivity contribution is -0.239. The van der Waals surface area contributed by atoms with Gasteiger partial charge in [-0.3, -0.25) is 34.1 Å². The monoisotopic (exact) mass is 853 g/mol. The Kier molecular flexibility index (Phi) is 17.1. The summed E-state index contributed by atoms with van der Waals surface area (Å²) < 4.78 is 39.5. The van der Waals surface area contributed by atoms with E-state index in [-0.39, 0.29) is 24.2 Å². The number of hydrogen-bond donors (Lipinski definition) is 3. The third kappa shape index (κ3) is 14.7. The van der Waals surface area contributed by atoms with Gasteiger partial charge in [0.25, 0.3) is 5.91 Å². The lowest BCUT2D eigenvalue weighted by Crippen LogP contribution is -2.68. The number of anilines is 1. The number of methoxy groups -OCH3 is 1. The number of aryl methyl sites for hydroxylation is 2. The number of esters is 5. The van der Waals surface area contributed by atoms with Crippen LogP contribution in [0, 0.1) is 13.8 Å². The number of carbonyl (C=O) groups is 8. The average molecular weight is 854 g/mol. The van der Waals surface area contributed by atoms with Crippen LogP contribution in [0.2, 0.25) is 0 Å². The molecule has 3 rings (SSSR count). The van der Waals surface area contributed by atoms with E-state index < -0.39 is 96.0 Å². The maximum atomic E-state index is 13.9. The summed E-state index contributed by atoms with van der Waals surface area (Å²) in [6, 6.07) is 8.36. The molecule has 2 aromatic rings. The summed E-state index contributed by atoms with van der Waals surface area (Å²) in [6.07, 6.45) is -4.19. The number of rotatable bonds is 15. The Morgan fingerprint density at radius 2 is 1.52 bits per heavy atom. The predicted molar refractivity (Wildman–Crippen MR) is 218 cm³/mol.